The van der Waals surface area contributed by atoms with Crippen LogP contribution in [-0.4, -0.2) is 11.6 Å². The van der Waals surface area contributed by atoms with Gasteiger partial charge in [-0.05, 0) is 13.3 Å². The molecule has 0 heterocycles. The third kappa shape index (κ3) is 5.15. The van der Waals surface area contributed by atoms with Crippen molar-refractivity contribution in [2.45, 2.75) is 59.3 Å². The average Bonchev–Trinajstić information content (AvgIpc) is 2.21. The van der Waals surface area contributed by atoms with Gasteiger partial charge in [0.05, 0.1) is 5.92 Å². The fourth-order valence-electron chi connectivity index (χ4n) is 1.43. The molecule has 0 saturated carbocycles. The predicted molar refractivity (Wildman–Crippen MR) is 58.2 cm³/mol. The molecule has 0 radical (unpaired) electrons. The number of unbranched alkanes of at least 4 members (excludes halogenated alkanes) is 3. The zero-order chi connectivity index (χ0) is 11.0. The van der Waals surface area contributed by atoms with Gasteiger partial charge in [0, 0.05) is 12.8 Å². The van der Waals surface area contributed by atoms with Gasteiger partial charge >= 0.3 is 0 Å². The largest absolute Gasteiger partial charge is 0.299 e. The summed E-state index contributed by atoms with van der Waals surface area (Å²) >= 11 is 0. The van der Waals surface area contributed by atoms with Crippen LogP contribution in [0.25, 0.3) is 0 Å². The highest BCUT2D eigenvalue weighted by atomic mass is 16.1. The van der Waals surface area contributed by atoms with Gasteiger partial charge < -0.3 is 0 Å². The summed E-state index contributed by atoms with van der Waals surface area (Å²) in [5, 5.41) is 0. The van der Waals surface area contributed by atoms with Gasteiger partial charge in [-0.3, -0.25) is 9.59 Å². The third-order valence-electron chi connectivity index (χ3n) is 2.59. The molecule has 0 saturated heterocycles. The monoisotopic (exact) mass is 198 g/mol. The van der Waals surface area contributed by atoms with E-state index in [9.17, 15) is 9.59 Å². The number of carbonyl (C=O) groups is 2. The third-order valence-corrected chi connectivity index (χ3v) is 2.59. The fraction of sp³-hybridized carbons (Fsp3) is 0.833. The maximum atomic E-state index is 11.5. The summed E-state index contributed by atoms with van der Waals surface area (Å²) in [5.41, 5.74) is 0. The van der Waals surface area contributed by atoms with Crippen LogP contribution in [0.1, 0.15) is 59.3 Å². The van der Waals surface area contributed by atoms with Gasteiger partial charge in [-0.1, -0.05) is 33.1 Å². The first kappa shape index (κ1) is 13.3. The first-order valence-corrected chi connectivity index (χ1v) is 5.68. The highest BCUT2D eigenvalue weighted by Gasteiger charge is 2.18. The molecule has 0 aromatic carbocycles. The van der Waals surface area contributed by atoms with E-state index in [1.807, 2.05) is 6.92 Å². The average molecular weight is 198 g/mol. The maximum Gasteiger partial charge on any atom is 0.143 e. The van der Waals surface area contributed by atoms with Crippen LogP contribution in [-0.2, 0) is 9.59 Å². The summed E-state index contributed by atoms with van der Waals surface area (Å²) in [7, 11) is 0. The molecular weight excluding hydrogens is 176 g/mol. The molecule has 0 aliphatic heterocycles. The zero-order valence-corrected chi connectivity index (χ0v) is 9.64. The van der Waals surface area contributed by atoms with E-state index < -0.39 is 0 Å². The van der Waals surface area contributed by atoms with Crippen molar-refractivity contribution in [1.29, 1.82) is 0 Å². The molecule has 1 unspecified atom stereocenters. The van der Waals surface area contributed by atoms with E-state index in [1.165, 1.54) is 12.8 Å². The lowest BCUT2D eigenvalue weighted by Gasteiger charge is -2.07. The van der Waals surface area contributed by atoms with Crippen molar-refractivity contribution in [2.24, 2.45) is 5.92 Å². The number of hydrogen-bond donors (Lipinski definition) is 0. The Kier molecular flexibility index (Phi) is 7.35. The predicted octanol–water partition coefficient (Wildman–Crippen LogP) is 3.14. The van der Waals surface area contributed by atoms with Gasteiger partial charge in [0.15, 0.2) is 0 Å². The highest BCUT2D eigenvalue weighted by molar-refractivity contribution is 6.01. The van der Waals surface area contributed by atoms with Crippen molar-refractivity contribution in [1.82, 2.24) is 0 Å². The van der Waals surface area contributed by atoms with Gasteiger partial charge in [-0.25, -0.2) is 0 Å². The Bertz CT molecular complexity index is 185. The van der Waals surface area contributed by atoms with E-state index in [1.54, 1.807) is 6.92 Å². The number of Topliss-reactive ketones (excluding diaryl/α,β-unsaturated/α-hetero) is 2. The molecule has 0 amide bonds. The number of carbonyl (C=O) groups excluding carboxylic acids is 2. The second-order valence-corrected chi connectivity index (χ2v) is 3.82. The molecule has 0 aromatic rings. The first-order valence-electron chi connectivity index (χ1n) is 5.68. The summed E-state index contributed by atoms with van der Waals surface area (Å²) in [6.07, 6.45) is 5.46. The van der Waals surface area contributed by atoms with Crippen molar-refractivity contribution in [2.75, 3.05) is 0 Å². The van der Waals surface area contributed by atoms with Crippen molar-refractivity contribution < 1.29 is 9.59 Å². The van der Waals surface area contributed by atoms with Crippen molar-refractivity contribution in [3.05, 3.63) is 0 Å². The van der Waals surface area contributed by atoms with Crippen LogP contribution in [0.3, 0.4) is 0 Å². The molecule has 14 heavy (non-hydrogen) atoms. The molecule has 2 heteroatoms. The summed E-state index contributed by atoms with van der Waals surface area (Å²) in [4.78, 5) is 22.7. The Labute approximate surface area is 87.1 Å². The number of hydrogen-bond acceptors (Lipinski definition) is 2. The smallest absolute Gasteiger partial charge is 0.143 e. The molecule has 0 rings (SSSR count). The highest BCUT2D eigenvalue weighted by Crippen LogP contribution is 2.09. The summed E-state index contributed by atoms with van der Waals surface area (Å²) < 4.78 is 0. The van der Waals surface area contributed by atoms with Crippen LogP contribution in [0.5, 0.6) is 0 Å². The molecule has 0 N–H and O–H groups in total. The molecule has 0 bridgehead atoms. The summed E-state index contributed by atoms with van der Waals surface area (Å²) in [6, 6.07) is 0. The lowest BCUT2D eigenvalue weighted by molar-refractivity contribution is -0.131. The molecule has 1 atom stereocenters. The molecule has 0 aliphatic carbocycles. The van der Waals surface area contributed by atoms with Crippen LogP contribution in [0.4, 0.5) is 0 Å². The zero-order valence-electron chi connectivity index (χ0n) is 9.64. The van der Waals surface area contributed by atoms with Gasteiger partial charge in [0.2, 0.25) is 0 Å². The minimum Gasteiger partial charge on any atom is -0.299 e. The van der Waals surface area contributed by atoms with Crippen LogP contribution in [0.2, 0.25) is 0 Å². The van der Waals surface area contributed by atoms with Crippen LogP contribution in [0, 0.1) is 5.92 Å². The minimum absolute atomic E-state index is 0.0745. The molecule has 2 nitrogen and oxygen atoms in total. The molecule has 0 spiro atoms. The SMILES string of the molecule is CCCCCCC(=O)C(C)C(=O)CC. The fourth-order valence-corrected chi connectivity index (χ4v) is 1.43. The van der Waals surface area contributed by atoms with E-state index in [-0.39, 0.29) is 17.5 Å². The second kappa shape index (κ2) is 7.72. The van der Waals surface area contributed by atoms with Crippen LogP contribution >= 0.6 is 0 Å². The second-order valence-electron chi connectivity index (χ2n) is 3.82. The molecule has 0 aromatic heterocycles. The van der Waals surface area contributed by atoms with Crippen molar-refractivity contribution in [3.63, 3.8) is 0 Å². The number of rotatable bonds is 8. The standard InChI is InChI=1S/C12H22O2/c1-4-6-7-8-9-12(14)10(3)11(13)5-2/h10H,4-9H2,1-3H3. The molecule has 82 valence electrons. The van der Waals surface area contributed by atoms with Gasteiger partial charge in [-0.2, -0.15) is 0 Å². The van der Waals surface area contributed by atoms with Gasteiger partial charge in [0.1, 0.15) is 11.6 Å². The number of ketones is 2. The minimum atomic E-state index is -0.373. The first-order chi connectivity index (χ1) is 6.63. The normalized spacial score (nSPS) is 12.5. The summed E-state index contributed by atoms with van der Waals surface area (Å²) in [5.74, 6) is -0.180. The Hall–Kier alpha value is -0.660. The Morgan fingerprint density at radius 1 is 1.00 bits per heavy atom. The Morgan fingerprint density at radius 3 is 2.14 bits per heavy atom. The van der Waals surface area contributed by atoms with Gasteiger partial charge in [0.25, 0.3) is 0 Å². The van der Waals surface area contributed by atoms with E-state index in [2.05, 4.69) is 6.92 Å². The molecular formula is C12H22O2. The van der Waals surface area contributed by atoms with E-state index in [0.29, 0.717) is 12.8 Å². The van der Waals surface area contributed by atoms with E-state index in [0.717, 1.165) is 12.8 Å². The summed E-state index contributed by atoms with van der Waals surface area (Å²) in [6.45, 7) is 5.68. The van der Waals surface area contributed by atoms with E-state index in [4.69, 9.17) is 0 Å². The van der Waals surface area contributed by atoms with Crippen LogP contribution < -0.4 is 0 Å². The van der Waals surface area contributed by atoms with Crippen molar-refractivity contribution in [3.8, 4) is 0 Å². The Morgan fingerprint density at radius 2 is 1.64 bits per heavy atom. The lowest BCUT2D eigenvalue weighted by atomic mass is 9.95. The van der Waals surface area contributed by atoms with Crippen molar-refractivity contribution >= 4 is 11.6 Å². The lowest BCUT2D eigenvalue weighted by Crippen LogP contribution is -2.20. The maximum absolute atomic E-state index is 11.5. The molecule has 0 aliphatic rings. The van der Waals surface area contributed by atoms with Crippen LogP contribution in [0.15, 0.2) is 0 Å². The topological polar surface area (TPSA) is 34.1 Å². The van der Waals surface area contributed by atoms with E-state index >= 15 is 0 Å². The van der Waals surface area contributed by atoms with Gasteiger partial charge in [-0.15, -0.1) is 0 Å². The molecule has 0 fully saturated rings. The quantitative estimate of drug-likeness (QED) is 0.443. The Balaban J connectivity index is 3.68.